The Balaban J connectivity index is 1.68. The largest absolute Gasteiger partial charge is 0.378 e. The number of benzene rings is 1. The Labute approximate surface area is 164 Å². The van der Waals surface area contributed by atoms with Crippen molar-refractivity contribution in [2.45, 2.75) is 25.7 Å². The molecule has 7 heteroatoms. The van der Waals surface area contributed by atoms with Gasteiger partial charge in [0.05, 0.1) is 4.91 Å². The van der Waals surface area contributed by atoms with Gasteiger partial charge in [-0.1, -0.05) is 25.0 Å². The topological polar surface area (TPSA) is 60.9 Å². The molecule has 0 bridgehead atoms. The van der Waals surface area contributed by atoms with Crippen LogP contribution in [0.2, 0.25) is 0 Å². The standard InChI is InChI=1S/C20H25N3O3S/c1-21(2)16-9-7-15(8-10-16)13-17-19(25)23(20(26)27-17)14-18(24)22-11-5-3-4-6-12-22/h7-10,13H,3-6,11-12,14H2,1-2H3/b17-13-. The number of carbonyl (C=O) groups is 3. The van der Waals surface area contributed by atoms with E-state index in [1.807, 2.05) is 43.3 Å². The summed E-state index contributed by atoms with van der Waals surface area (Å²) in [4.78, 5) is 42.6. The smallest absolute Gasteiger partial charge is 0.294 e. The SMILES string of the molecule is CN(C)c1ccc(/C=C2\SC(=O)N(CC(=O)N3CCCCCC3)C2=O)cc1. The zero-order chi connectivity index (χ0) is 19.4. The lowest BCUT2D eigenvalue weighted by atomic mass is 10.2. The zero-order valence-corrected chi connectivity index (χ0v) is 16.6. The van der Waals surface area contributed by atoms with Gasteiger partial charge >= 0.3 is 0 Å². The number of likely N-dealkylation sites (tertiary alicyclic amines) is 1. The number of hydrogen-bond acceptors (Lipinski definition) is 5. The van der Waals surface area contributed by atoms with Crippen LogP contribution in [0.15, 0.2) is 29.2 Å². The molecule has 2 aliphatic heterocycles. The van der Waals surface area contributed by atoms with Crippen LogP contribution in [0.3, 0.4) is 0 Å². The summed E-state index contributed by atoms with van der Waals surface area (Å²) in [5.74, 6) is -0.527. The molecule has 0 spiro atoms. The Kier molecular flexibility index (Phi) is 6.21. The average Bonchev–Trinajstić information content (AvgIpc) is 2.86. The highest BCUT2D eigenvalue weighted by atomic mass is 32.2. The van der Waals surface area contributed by atoms with E-state index in [2.05, 4.69) is 0 Å². The second-order valence-electron chi connectivity index (χ2n) is 7.05. The predicted molar refractivity (Wildman–Crippen MR) is 108 cm³/mol. The lowest BCUT2D eigenvalue weighted by Gasteiger charge is -2.22. The molecule has 0 N–H and O–H groups in total. The lowest BCUT2D eigenvalue weighted by Crippen LogP contribution is -2.42. The van der Waals surface area contributed by atoms with Crippen molar-refractivity contribution in [2.24, 2.45) is 0 Å². The van der Waals surface area contributed by atoms with Crippen molar-refractivity contribution in [3.8, 4) is 0 Å². The van der Waals surface area contributed by atoms with E-state index in [9.17, 15) is 14.4 Å². The molecule has 1 aromatic carbocycles. The highest BCUT2D eigenvalue weighted by Crippen LogP contribution is 2.32. The molecule has 0 saturated carbocycles. The van der Waals surface area contributed by atoms with Crippen molar-refractivity contribution in [3.05, 3.63) is 34.7 Å². The lowest BCUT2D eigenvalue weighted by molar-refractivity contribution is -0.135. The van der Waals surface area contributed by atoms with Gasteiger partial charge in [-0.05, 0) is 48.4 Å². The summed E-state index contributed by atoms with van der Waals surface area (Å²) in [5.41, 5.74) is 1.91. The van der Waals surface area contributed by atoms with E-state index >= 15 is 0 Å². The Morgan fingerprint density at radius 3 is 2.30 bits per heavy atom. The number of anilines is 1. The Morgan fingerprint density at radius 1 is 1.07 bits per heavy atom. The minimum Gasteiger partial charge on any atom is -0.378 e. The molecule has 0 aromatic heterocycles. The maximum Gasteiger partial charge on any atom is 0.294 e. The molecule has 6 nitrogen and oxygen atoms in total. The fourth-order valence-electron chi connectivity index (χ4n) is 3.21. The van der Waals surface area contributed by atoms with Gasteiger partial charge in [-0.3, -0.25) is 19.3 Å². The van der Waals surface area contributed by atoms with Gasteiger partial charge in [0.15, 0.2) is 0 Å². The minimum atomic E-state index is -0.384. The van der Waals surface area contributed by atoms with E-state index in [0.29, 0.717) is 18.0 Å². The minimum absolute atomic E-state index is 0.143. The number of rotatable bonds is 4. The van der Waals surface area contributed by atoms with Gasteiger partial charge in [0.1, 0.15) is 6.54 Å². The van der Waals surface area contributed by atoms with Crippen LogP contribution in [0, 0.1) is 0 Å². The van der Waals surface area contributed by atoms with E-state index in [0.717, 1.165) is 53.6 Å². The molecule has 27 heavy (non-hydrogen) atoms. The summed E-state index contributed by atoms with van der Waals surface area (Å²) in [7, 11) is 3.92. The number of imide groups is 1. The first kappa shape index (κ1) is 19.5. The molecule has 0 aliphatic carbocycles. The second kappa shape index (κ2) is 8.61. The molecular formula is C20H25N3O3S. The number of carbonyl (C=O) groups excluding carboxylic acids is 3. The number of amides is 3. The van der Waals surface area contributed by atoms with Crippen LogP contribution in [-0.4, -0.2) is 60.6 Å². The number of hydrogen-bond donors (Lipinski definition) is 0. The van der Waals surface area contributed by atoms with Crippen molar-refractivity contribution in [1.82, 2.24) is 9.80 Å². The van der Waals surface area contributed by atoms with Crippen molar-refractivity contribution in [3.63, 3.8) is 0 Å². The quantitative estimate of drug-likeness (QED) is 0.743. The summed E-state index contributed by atoms with van der Waals surface area (Å²) in [6.07, 6.45) is 5.93. The summed E-state index contributed by atoms with van der Waals surface area (Å²) in [6.45, 7) is 1.26. The van der Waals surface area contributed by atoms with Crippen LogP contribution in [0.1, 0.15) is 31.2 Å². The average molecular weight is 388 g/mol. The molecule has 2 aliphatic rings. The second-order valence-corrected chi connectivity index (χ2v) is 8.04. The van der Waals surface area contributed by atoms with Crippen LogP contribution >= 0.6 is 11.8 Å². The molecule has 2 saturated heterocycles. The van der Waals surface area contributed by atoms with Gasteiger partial charge in [0.25, 0.3) is 11.1 Å². The summed E-state index contributed by atoms with van der Waals surface area (Å²) >= 11 is 0.897. The summed E-state index contributed by atoms with van der Waals surface area (Å²) in [5, 5.41) is -0.376. The number of nitrogens with zero attached hydrogens (tertiary/aromatic N) is 3. The van der Waals surface area contributed by atoms with Gasteiger partial charge in [0, 0.05) is 32.9 Å². The molecule has 2 fully saturated rings. The molecule has 0 radical (unpaired) electrons. The summed E-state index contributed by atoms with van der Waals surface area (Å²) < 4.78 is 0. The third-order valence-electron chi connectivity index (χ3n) is 4.83. The van der Waals surface area contributed by atoms with E-state index in [1.54, 1.807) is 11.0 Å². The van der Waals surface area contributed by atoms with Gasteiger partial charge in [-0.25, -0.2) is 0 Å². The first-order chi connectivity index (χ1) is 13.0. The predicted octanol–water partition coefficient (Wildman–Crippen LogP) is 3.19. The van der Waals surface area contributed by atoms with Crippen molar-refractivity contribution >= 4 is 40.6 Å². The van der Waals surface area contributed by atoms with E-state index < -0.39 is 0 Å². The Bertz CT molecular complexity index is 750. The van der Waals surface area contributed by atoms with Crippen molar-refractivity contribution < 1.29 is 14.4 Å². The maximum absolute atomic E-state index is 12.6. The van der Waals surface area contributed by atoms with Crippen LogP contribution in [0.5, 0.6) is 0 Å². The molecule has 1 aromatic rings. The summed E-state index contributed by atoms with van der Waals surface area (Å²) in [6, 6.07) is 7.73. The van der Waals surface area contributed by atoms with Gasteiger partial charge in [-0.15, -0.1) is 0 Å². The molecule has 3 amide bonds. The van der Waals surface area contributed by atoms with Crippen LogP contribution < -0.4 is 4.90 Å². The van der Waals surface area contributed by atoms with Crippen molar-refractivity contribution in [2.75, 3.05) is 38.6 Å². The molecule has 2 heterocycles. The normalized spacial score (nSPS) is 19.6. The van der Waals surface area contributed by atoms with Crippen molar-refractivity contribution in [1.29, 1.82) is 0 Å². The Hall–Kier alpha value is -2.28. The highest BCUT2D eigenvalue weighted by molar-refractivity contribution is 8.18. The Morgan fingerprint density at radius 2 is 1.70 bits per heavy atom. The third kappa shape index (κ3) is 4.71. The van der Waals surface area contributed by atoms with E-state index in [1.165, 1.54) is 0 Å². The fourth-order valence-corrected chi connectivity index (χ4v) is 4.05. The third-order valence-corrected chi connectivity index (χ3v) is 5.74. The first-order valence-electron chi connectivity index (χ1n) is 9.26. The zero-order valence-electron chi connectivity index (χ0n) is 15.8. The fraction of sp³-hybridized carbons (Fsp3) is 0.450. The van der Waals surface area contributed by atoms with Gasteiger partial charge in [-0.2, -0.15) is 0 Å². The highest BCUT2D eigenvalue weighted by Gasteiger charge is 2.37. The molecule has 0 unspecified atom stereocenters. The number of thioether (sulfide) groups is 1. The van der Waals surface area contributed by atoms with E-state index in [-0.39, 0.29) is 23.6 Å². The molecular weight excluding hydrogens is 362 g/mol. The molecule has 0 atom stereocenters. The monoisotopic (exact) mass is 387 g/mol. The van der Waals surface area contributed by atoms with E-state index in [4.69, 9.17) is 0 Å². The molecule has 144 valence electrons. The molecule has 3 rings (SSSR count). The van der Waals surface area contributed by atoms with Crippen LogP contribution in [0.25, 0.3) is 6.08 Å². The maximum atomic E-state index is 12.6. The first-order valence-corrected chi connectivity index (χ1v) is 10.1. The van der Waals surface area contributed by atoms with Gasteiger partial charge < -0.3 is 9.80 Å². The van der Waals surface area contributed by atoms with Gasteiger partial charge in [0.2, 0.25) is 5.91 Å². The van der Waals surface area contributed by atoms with Crippen LogP contribution in [-0.2, 0) is 9.59 Å². The van der Waals surface area contributed by atoms with Crippen LogP contribution in [0.4, 0.5) is 10.5 Å².